The number of hydrogen-bond acceptors (Lipinski definition) is 9. The maximum Gasteiger partial charge on any atom is 0.412 e. The SMILES string of the molecule is CC[C@H](C)C(CON(C(=O)CCc1ccccc1)[C@H](CCS(C)(=O)=O)C(=O)O)NCC(C)SC(c1ccccc1)(c1ccccc1)c1ccccc1NC(=O)OC(C)(C)C. The van der Waals surface area contributed by atoms with E-state index in [2.05, 4.69) is 55.7 Å². The Hall–Kier alpha value is -4.69. The number of aryl methyl sites for hydroxylation is 1. The van der Waals surface area contributed by atoms with E-state index in [9.17, 15) is 27.9 Å². The number of carboxylic acid groups (broad SMARTS) is 1. The van der Waals surface area contributed by atoms with Gasteiger partial charge in [0.1, 0.15) is 15.4 Å². The molecule has 0 heterocycles. The van der Waals surface area contributed by atoms with Crippen molar-refractivity contribution in [3.05, 3.63) is 138 Å². The van der Waals surface area contributed by atoms with E-state index in [1.54, 1.807) is 11.8 Å². The van der Waals surface area contributed by atoms with Crippen LogP contribution in [-0.4, -0.2) is 84.7 Å². The fourth-order valence-corrected chi connectivity index (χ4v) is 9.16. The number of ether oxygens (including phenoxy) is 1. The zero-order chi connectivity index (χ0) is 43.9. The van der Waals surface area contributed by atoms with Crippen molar-refractivity contribution >= 4 is 45.3 Å². The lowest BCUT2D eigenvalue weighted by atomic mass is 9.83. The second-order valence-corrected chi connectivity index (χ2v) is 20.1. The molecule has 0 fully saturated rings. The number of carbonyl (C=O) groups is 3. The lowest BCUT2D eigenvalue weighted by Gasteiger charge is -2.39. The molecule has 0 aliphatic rings. The highest BCUT2D eigenvalue weighted by molar-refractivity contribution is 8.01. The number of para-hydroxylation sites is 1. The van der Waals surface area contributed by atoms with Gasteiger partial charge in [-0.2, -0.15) is 0 Å². The van der Waals surface area contributed by atoms with E-state index in [0.29, 0.717) is 18.7 Å². The highest BCUT2D eigenvalue weighted by atomic mass is 32.2. The second kappa shape index (κ2) is 22.2. The van der Waals surface area contributed by atoms with Gasteiger partial charge in [-0.25, -0.2) is 23.1 Å². The Kier molecular flexibility index (Phi) is 17.8. The summed E-state index contributed by atoms with van der Waals surface area (Å²) in [6, 6.07) is 35.7. The number of rotatable bonds is 22. The zero-order valence-electron chi connectivity index (χ0n) is 35.8. The number of carboxylic acids is 1. The number of hydrogen-bond donors (Lipinski definition) is 3. The largest absolute Gasteiger partial charge is 0.480 e. The van der Waals surface area contributed by atoms with Crippen LogP contribution in [0.4, 0.5) is 10.5 Å². The molecule has 2 amide bonds. The Morgan fingerprint density at radius 1 is 0.833 bits per heavy atom. The van der Waals surface area contributed by atoms with Gasteiger partial charge in [0.25, 0.3) is 0 Å². The van der Waals surface area contributed by atoms with Gasteiger partial charge >= 0.3 is 12.1 Å². The van der Waals surface area contributed by atoms with Gasteiger partial charge in [-0.3, -0.25) is 14.9 Å². The number of benzene rings is 4. The van der Waals surface area contributed by atoms with Crippen LogP contribution in [0.1, 0.15) is 83.1 Å². The Morgan fingerprint density at radius 3 is 1.92 bits per heavy atom. The highest BCUT2D eigenvalue weighted by Gasteiger charge is 2.41. The maximum atomic E-state index is 13.8. The molecule has 0 saturated heterocycles. The Bertz CT molecular complexity index is 2040. The Morgan fingerprint density at radius 2 is 1.38 bits per heavy atom. The van der Waals surface area contributed by atoms with Crippen LogP contribution < -0.4 is 10.6 Å². The summed E-state index contributed by atoms with van der Waals surface area (Å²) in [5.74, 6) is -2.25. The average Bonchev–Trinajstić information content (AvgIpc) is 3.21. The van der Waals surface area contributed by atoms with E-state index >= 15 is 0 Å². The van der Waals surface area contributed by atoms with Crippen LogP contribution in [0, 0.1) is 5.92 Å². The quantitative estimate of drug-likeness (QED) is 0.0517. The lowest BCUT2D eigenvalue weighted by molar-refractivity contribution is -0.210. The van der Waals surface area contributed by atoms with E-state index in [0.717, 1.165) is 40.0 Å². The molecule has 0 saturated carbocycles. The fourth-order valence-electron chi connectivity index (χ4n) is 6.87. The van der Waals surface area contributed by atoms with Gasteiger partial charge in [-0.15, -0.1) is 11.8 Å². The van der Waals surface area contributed by atoms with Gasteiger partial charge in [0.05, 0.1) is 17.1 Å². The third-order valence-electron chi connectivity index (χ3n) is 10.1. The molecular weight excluding hydrogens is 799 g/mol. The topological polar surface area (TPSA) is 151 Å². The van der Waals surface area contributed by atoms with Crippen molar-refractivity contribution in [2.45, 2.75) is 94.9 Å². The summed E-state index contributed by atoms with van der Waals surface area (Å²) in [5.41, 5.74) is 3.70. The number of nitrogens with one attached hydrogen (secondary N) is 2. The van der Waals surface area contributed by atoms with Gasteiger partial charge in [0.15, 0.2) is 6.04 Å². The lowest BCUT2D eigenvalue weighted by Crippen LogP contribution is -2.50. The normalized spacial score (nSPS) is 14.1. The molecular formula is C47H61N3O8S2. The van der Waals surface area contributed by atoms with Crippen molar-refractivity contribution in [3.8, 4) is 0 Å². The maximum absolute atomic E-state index is 13.8. The summed E-state index contributed by atoms with van der Waals surface area (Å²) in [6.45, 7) is 12.2. The van der Waals surface area contributed by atoms with E-state index in [1.165, 1.54) is 0 Å². The molecule has 2 unspecified atom stereocenters. The van der Waals surface area contributed by atoms with Crippen molar-refractivity contribution in [3.63, 3.8) is 0 Å². The average molecular weight is 860 g/mol. The van der Waals surface area contributed by atoms with Crippen molar-refractivity contribution in [2.75, 3.05) is 30.5 Å². The molecule has 0 bridgehead atoms. The molecule has 0 aliphatic carbocycles. The van der Waals surface area contributed by atoms with Gasteiger partial charge in [0, 0.05) is 41.8 Å². The van der Waals surface area contributed by atoms with E-state index in [-0.39, 0.29) is 36.7 Å². The van der Waals surface area contributed by atoms with Gasteiger partial charge in [0.2, 0.25) is 5.91 Å². The first-order chi connectivity index (χ1) is 28.4. The van der Waals surface area contributed by atoms with Crippen LogP contribution in [0.3, 0.4) is 0 Å². The van der Waals surface area contributed by atoms with Crippen LogP contribution in [-0.2, 0) is 40.2 Å². The number of carbonyl (C=O) groups excluding carboxylic acids is 2. The molecule has 3 N–H and O–H groups in total. The summed E-state index contributed by atoms with van der Waals surface area (Å²) in [5, 5.41) is 17.8. The predicted octanol–water partition coefficient (Wildman–Crippen LogP) is 8.73. The summed E-state index contributed by atoms with van der Waals surface area (Å²) in [7, 11) is -3.52. The van der Waals surface area contributed by atoms with E-state index < -0.39 is 49.9 Å². The summed E-state index contributed by atoms with van der Waals surface area (Å²) < 4.78 is 29.1. The molecule has 4 atom stereocenters. The van der Waals surface area contributed by atoms with Crippen molar-refractivity contribution in [1.82, 2.24) is 10.4 Å². The zero-order valence-corrected chi connectivity index (χ0v) is 37.4. The molecule has 4 aromatic rings. The standard InChI is InChI=1S/C47H61N3O8S2/c1-8-34(2)41(33-57-50(42(44(52)53)30-31-60(7,55)56)43(51)29-28-36-20-12-9-13-21-36)48-32-35(3)59-47(37-22-14-10-15-23-37,38-24-16-11-17-25-38)39-26-18-19-27-40(39)49-45(54)58-46(4,5)6/h9-27,34-35,41-42,48H,8,28-33H2,1-7H3,(H,49,54)(H,52,53)/t34-,35?,41?,42+/m0/s1. The predicted molar refractivity (Wildman–Crippen MR) is 241 cm³/mol. The smallest absolute Gasteiger partial charge is 0.412 e. The molecule has 0 radical (unpaired) electrons. The minimum atomic E-state index is -3.52. The Balaban J connectivity index is 1.66. The van der Waals surface area contributed by atoms with Crippen LogP contribution in [0.2, 0.25) is 0 Å². The van der Waals surface area contributed by atoms with Gasteiger partial charge in [-0.1, -0.05) is 136 Å². The summed E-state index contributed by atoms with van der Waals surface area (Å²) >= 11 is 1.72. The summed E-state index contributed by atoms with van der Waals surface area (Å²) in [4.78, 5) is 45.8. The molecule has 4 aromatic carbocycles. The summed E-state index contributed by atoms with van der Waals surface area (Å²) in [6.07, 6.45) is 1.27. The van der Waals surface area contributed by atoms with Crippen molar-refractivity contribution in [1.29, 1.82) is 0 Å². The molecule has 0 aromatic heterocycles. The fraction of sp³-hybridized carbons (Fsp3) is 0.426. The van der Waals surface area contributed by atoms with Crippen LogP contribution in [0.25, 0.3) is 0 Å². The van der Waals surface area contributed by atoms with E-state index in [4.69, 9.17) is 9.57 Å². The third-order valence-corrected chi connectivity index (χ3v) is 12.7. The van der Waals surface area contributed by atoms with Crippen molar-refractivity contribution < 1.29 is 37.5 Å². The molecule has 4 rings (SSSR count). The molecule has 324 valence electrons. The van der Waals surface area contributed by atoms with Crippen molar-refractivity contribution in [2.24, 2.45) is 5.92 Å². The Labute approximate surface area is 360 Å². The minimum Gasteiger partial charge on any atom is -0.480 e. The van der Waals surface area contributed by atoms with E-state index in [1.807, 2.05) is 112 Å². The van der Waals surface area contributed by atoms with Crippen LogP contribution in [0.15, 0.2) is 115 Å². The number of sulfone groups is 1. The minimum absolute atomic E-state index is 0.0208. The second-order valence-electron chi connectivity index (χ2n) is 16.2. The number of nitrogens with zero attached hydrogens (tertiary/aromatic N) is 1. The molecule has 0 spiro atoms. The van der Waals surface area contributed by atoms with Crippen LogP contribution in [0.5, 0.6) is 0 Å². The van der Waals surface area contributed by atoms with Gasteiger partial charge < -0.3 is 15.2 Å². The number of amides is 2. The number of anilines is 1. The molecule has 0 aliphatic heterocycles. The monoisotopic (exact) mass is 859 g/mol. The molecule has 13 heteroatoms. The number of hydroxylamine groups is 2. The first-order valence-corrected chi connectivity index (χ1v) is 23.4. The third kappa shape index (κ3) is 14.2. The van der Waals surface area contributed by atoms with Gasteiger partial charge in [-0.05, 0) is 62.3 Å². The van der Waals surface area contributed by atoms with Crippen LogP contribution >= 0.6 is 11.8 Å². The first-order valence-electron chi connectivity index (χ1n) is 20.4. The highest BCUT2D eigenvalue weighted by Crippen LogP contribution is 2.52. The number of aliphatic carboxylic acids is 1. The first kappa shape index (κ1) is 48.0. The number of thioether (sulfide) groups is 1. The molecule has 11 nitrogen and oxygen atoms in total. The molecule has 60 heavy (non-hydrogen) atoms.